The van der Waals surface area contributed by atoms with Crippen LogP contribution in [0.15, 0.2) is 28.7 Å². The van der Waals surface area contributed by atoms with Gasteiger partial charge in [0.25, 0.3) is 0 Å². The Kier molecular flexibility index (Phi) is 5.24. The van der Waals surface area contributed by atoms with Crippen LogP contribution in [0.2, 0.25) is 0 Å². The zero-order valence-corrected chi connectivity index (χ0v) is 12.7. The molecule has 0 unspecified atom stereocenters. The highest BCUT2D eigenvalue weighted by Gasteiger charge is 2.15. The van der Waals surface area contributed by atoms with Crippen molar-refractivity contribution in [2.75, 3.05) is 13.6 Å². The highest BCUT2D eigenvalue weighted by molar-refractivity contribution is 7.91. The zero-order chi connectivity index (χ0) is 14.4. The van der Waals surface area contributed by atoms with Gasteiger partial charge in [-0.25, -0.2) is 13.1 Å². The molecule has 2 heterocycles. The van der Waals surface area contributed by atoms with E-state index in [2.05, 4.69) is 20.4 Å². The van der Waals surface area contributed by atoms with Gasteiger partial charge in [-0.3, -0.25) is 4.68 Å². The number of rotatable bonds is 8. The number of aromatic nitrogens is 3. The first-order chi connectivity index (χ1) is 9.62. The van der Waals surface area contributed by atoms with Crippen LogP contribution in [-0.4, -0.2) is 37.0 Å². The summed E-state index contributed by atoms with van der Waals surface area (Å²) in [5.74, 6) is 0. The van der Waals surface area contributed by atoms with E-state index in [1.165, 1.54) is 11.3 Å². The Balaban J connectivity index is 1.83. The fourth-order valence-electron chi connectivity index (χ4n) is 1.64. The molecule has 0 fully saturated rings. The monoisotopic (exact) mass is 315 g/mol. The van der Waals surface area contributed by atoms with Crippen molar-refractivity contribution in [1.29, 1.82) is 0 Å². The molecule has 110 valence electrons. The Labute approximate surface area is 122 Å². The number of hydrogen-bond acceptors (Lipinski definition) is 6. The van der Waals surface area contributed by atoms with Crippen LogP contribution < -0.4 is 10.0 Å². The summed E-state index contributed by atoms with van der Waals surface area (Å²) in [5, 5.41) is 10.5. The van der Waals surface area contributed by atoms with Crippen molar-refractivity contribution in [2.45, 2.75) is 23.7 Å². The van der Waals surface area contributed by atoms with Crippen LogP contribution in [0.25, 0.3) is 0 Å². The Morgan fingerprint density at radius 2 is 2.25 bits per heavy atom. The van der Waals surface area contributed by atoms with Gasteiger partial charge < -0.3 is 5.32 Å². The average Bonchev–Trinajstić information content (AvgIpc) is 3.06. The first-order valence-corrected chi connectivity index (χ1v) is 8.49. The Hall–Kier alpha value is -1.29. The number of hydrogen-bond donors (Lipinski definition) is 2. The summed E-state index contributed by atoms with van der Waals surface area (Å²) in [6.45, 7) is 1.69. The molecule has 0 radical (unpaired) electrons. The van der Waals surface area contributed by atoms with E-state index in [0.29, 0.717) is 30.3 Å². The molecule has 2 aromatic rings. The van der Waals surface area contributed by atoms with Gasteiger partial charge in [-0.05, 0) is 25.6 Å². The van der Waals surface area contributed by atoms with Crippen molar-refractivity contribution in [1.82, 2.24) is 25.0 Å². The summed E-state index contributed by atoms with van der Waals surface area (Å²) < 4.78 is 28.7. The number of aryl methyl sites for hydroxylation is 1. The zero-order valence-electron chi connectivity index (χ0n) is 11.1. The normalized spacial score (nSPS) is 11.8. The minimum Gasteiger partial charge on any atom is -0.315 e. The Bertz CT molecular complexity index is 621. The smallest absolute Gasteiger partial charge is 0.250 e. The van der Waals surface area contributed by atoms with Crippen molar-refractivity contribution in [2.24, 2.45) is 0 Å². The van der Waals surface area contributed by atoms with Crippen LogP contribution in [-0.2, 0) is 23.1 Å². The molecule has 0 saturated heterocycles. The van der Waals surface area contributed by atoms with Gasteiger partial charge in [-0.1, -0.05) is 5.21 Å². The molecule has 7 nitrogen and oxygen atoms in total. The molecule has 0 aliphatic carbocycles. The molecule has 0 spiro atoms. The van der Waals surface area contributed by atoms with Gasteiger partial charge in [0.2, 0.25) is 10.0 Å². The SMILES string of the molecule is CNCc1ccc(S(=O)(=O)NCCCn2ccnn2)s1. The molecule has 0 bridgehead atoms. The first-order valence-electron chi connectivity index (χ1n) is 6.19. The largest absolute Gasteiger partial charge is 0.315 e. The molecule has 0 amide bonds. The molecular weight excluding hydrogens is 298 g/mol. The lowest BCUT2D eigenvalue weighted by atomic mass is 10.4. The summed E-state index contributed by atoms with van der Waals surface area (Å²) in [6.07, 6.45) is 4.01. The summed E-state index contributed by atoms with van der Waals surface area (Å²) in [7, 11) is -1.57. The fraction of sp³-hybridized carbons (Fsp3) is 0.455. The van der Waals surface area contributed by atoms with Crippen LogP contribution in [0, 0.1) is 0 Å². The molecule has 0 aromatic carbocycles. The highest BCUT2D eigenvalue weighted by Crippen LogP contribution is 2.21. The molecule has 2 rings (SSSR count). The topological polar surface area (TPSA) is 88.9 Å². The molecule has 0 aliphatic rings. The van der Waals surface area contributed by atoms with E-state index in [0.717, 1.165) is 4.88 Å². The lowest BCUT2D eigenvalue weighted by Gasteiger charge is -2.04. The summed E-state index contributed by atoms with van der Waals surface area (Å²) >= 11 is 1.28. The molecule has 9 heteroatoms. The molecule has 2 aromatic heterocycles. The maximum absolute atomic E-state index is 12.1. The molecule has 0 saturated carbocycles. The van der Waals surface area contributed by atoms with Crippen LogP contribution >= 0.6 is 11.3 Å². The Morgan fingerprint density at radius 3 is 2.95 bits per heavy atom. The molecular formula is C11H17N5O2S2. The van der Waals surface area contributed by atoms with Gasteiger partial charge in [0, 0.05) is 30.7 Å². The third kappa shape index (κ3) is 4.10. The molecule has 0 aliphatic heterocycles. The van der Waals surface area contributed by atoms with E-state index >= 15 is 0 Å². The van der Waals surface area contributed by atoms with Crippen molar-refractivity contribution in [3.63, 3.8) is 0 Å². The van der Waals surface area contributed by atoms with E-state index in [9.17, 15) is 8.42 Å². The predicted octanol–water partition coefficient (Wildman–Crippen LogP) is 0.428. The van der Waals surface area contributed by atoms with Crippen molar-refractivity contribution >= 4 is 21.4 Å². The van der Waals surface area contributed by atoms with Crippen molar-refractivity contribution in [3.05, 3.63) is 29.4 Å². The summed E-state index contributed by atoms with van der Waals surface area (Å²) in [5.41, 5.74) is 0. The number of nitrogens with one attached hydrogen (secondary N) is 2. The molecule has 20 heavy (non-hydrogen) atoms. The second-order valence-corrected chi connectivity index (χ2v) is 7.33. The van der Waals surface area contributed by atoms with Gasteiger partial charge in [-0.15, -0.1) is 16.4 Å². The van der Waals surface area contributed by atoms with E-state index in [1.54, 1.807) is 23.1 Å². The maximum atomic E-state index is 12.1. The molecule has 0 atom stereocenters. The second-order valence-electron chi connectivity index (χ2n) is 4.17. The third-order valence-electron chi connectivity index (χ3n) is 2.58. The van der Waals surface area contributed by atoms with Crippen molar-refractivity contribution in [3.8, 4) is 0 Å². The number of nitrogens with zero attached hydrogens (tertiary/aromatic N) is 3. The van der Waals surface area contributed by atoms with Crippen molar-refractivity contribution < 1.29 is 8.42 Å². The fourth-order valence-corrected chi connectivity index (χ4v) is 4.13. The van der Waals surface area contributed by atoms with Crippen LogP contribution in [0.5, 0.6) is 0 Å². The molecule has 2 N–H and O–H groups in total. The minimum atomic E-state index is -3.40. The number of sulfonamides is 1. The summed E-state index contributed by atoms with van der Waals surface area (Å²) in [4.78, 5) is 0.996. The van der Waals surface area contributed by atoms with Gasteiger partial charge in [0.1, 0.15) is 4.21 Å². The lowest BCUT2D eigenvalue weighted by Crippen LogP contribution is -2.24. The maximum Gasteiger partial charge on any atom is 0.250 e. The predicted molar refractivity (Wildman–Crippen MR) is 76.9 cm³/mol. The van der Waals surface area contributed by atoms with E-state index in [-0.39, 0.29) is 0 Å². The van der Waals surface area contributed by atoms with Crippen LogP contribution in [0.3, 0.4) is 0 Å². The average molecular weight is 315 g/mol. The third-order valence-corrected chi connectivity index (χ3v) is 5.62. The second kappa shape index (κ2) is 6.93. The highest BCUT2D eigenvalue weighted by atomic mass is 32.2. The van der Waals surface area contributed by atoms with Gasteiger partial charge in [-0.2, -0.15) is 0 Å². The van der Waals surface area contributed by atoms with Crippen LogP contribution in [0.4, 0.5) is 0 Å². The number of thiophene rings is 1. The van der Waals surface area contributed by atoms with Gasteiger partial charge in [0.05, 0.1) is 6.20 Å². The quantitative estimate of drug-likeness (QED) is 0.690. The van der Waals surface area contributed by atoms with E-state index in [1.807, 2.05) is 13.1 Å². The Morgan fingerprint density at radius 1 is 1.40 bits per heavy atom. The first kappa shape index (κ1) is 15.1. The van der Waals surface area contributed by atoms with Crippen LogP contribution in [0.1, 0.15) is 11.3 Å². The van der Waals surface area contributed by atoms with E-state index in [4.69, 9.17) is 0 Å². The van der Waals surface area contributed by atoms with Gasteiger partial charge in [0.15, 0.2) is 0 Å². The minimum absolute atomic E-state index is 0.350. The van der Waals surface area contributed by atoms with Gasteiger partial charge >= 0.3 is 0 Å². The summed E-state index contributed by atoms with van der Waals surface area (Å²) in [6, 6.07) is 3.46. The van der Waals surface area contributed by atoms with E-state index < -0.39 is 10.0 Å². The standard InChI is InChI=1S/C11H17N5O2S2/c1-12-9-10-3-4-11(19-10)20(17,18)14-5-2-7-16-8-6-13-15-16/h3-4,6,8,12,14H,2,5,7,9H2,1H3. The lowest BCUT2D eigenvalue weighted by molar-refractivity contribution is 0.543.